The fourth-order valence-electron chi connectivity index (χ4n) is 4.78. The average Bonchev–Trinajstić information content (AvgIpc) is 3.65. The Kier molecular flexibility index (Phi) is 5.73. The lowest BCUT2D eigenvalue weighted by Gasteiger charge is -2.16. The van der Waals surface area contributed by atoms with Gasteiger partial charge in [-0.3, -0.25) is 9.36 Å². The molecule has 0 fully saturated rings. The highest BCUT2D eigenvalue weighted by Crippen LogP contribution is 2.41. The van der Waals surface area contributed by atoms with Crippen LogP contribution in [0.15, 0.2) is 53.7 Å². The number of pyridine rings is 2. The van der Waals surface area contributed by atoms with Crippen LogP contribution in [-0.2, 0) is 4.74 Å². The van der Waals surface area contributed by atoms with E-state index in [4.69, 9.17) is 22.1 Å². The monoisotopic (exact) mass is 537 g/mol. The SMILES string of the molecule is CO[C@@H]1C[C@H](c2ncc(-c3ccc(N)nc3F)[nH]2)n2c1cc(-c1c(-n3cnnn3)ccc(Cl)c1F)cc2=O. The van der Waals surface area contributed by atoms with Gasteiger partial charge < -0.3 is 15.5 Å². The van der Waals surface area contributed by atoms with Crippen molar-refractivity contribution in [2.45, 2.75) is 18.6 Å². The molecule has 0 aliphatic carbocycles. The van der Waals surface area contributed by atoms with Gasteiger partial charge in [0, 0.05) is 25.2 Å². The molecule has 11 nitrogen and oxygen atoms in total. The number of nitrogens with one attached hydrogen (secondary N) is 1. The number of hydrogen-bond donors (Lipinski definition) is 2. The van der Waals surface area contributed by atoms with Gasteiger partial charge in [-0.25, -0.2) is 14.4 Å². The highest BCUT2D eigenvalue weighted by Gasteiger charge is 2.35. The molecule has 192 valence electrons. The molecule has 3 N–H and O–H groups in total. The maximum atomic E-state index is 15.4. The highest BCUT2D eigenvalue weighted by atomic mass is 35.5. The molecule has 0 amide bonds. The molecule has 6 rings (SSSR count). The van der Waals surface area contributed by atoms with Crippen LogP contribution in [0.1, 0.15) is 30.1 Å². The number of tetrazole rings is 1. The number of aromatic nitrogens is 8. The summed E-state index contributed by atoms with van der Waals surface area (Å²) in [5, 5.41) is 10.9. The molecular weight excluding hydrogens is 520 g/mol. The van der Waals surface area contributed by atoms with E-state index in [0.29, 0.717) is 29.3 Å². The number of ether oxygens (including phenoxy) is 1. The van der Waals surface area contributed by atoms with E-state index in [9.17, 15) is 9.18 Å². The third kappa shape index (κ3) is 3.83. The smallest absolute Gasteiger partial charge is 0.252 e. The van der Waals surface area contributed by atoms with Gasteiger partial charge in [-0.2, -0.15) is 9.07 Å². The lowest BCUT2D eigenvalue weighted by Crippen LogP contribution is -2.24. The van der Waals surface area contributed by atoms with Gasteiger partial charge in [0.2, 0.25) is 5.95 Å². The van der Waals surface area contributed by atoms with Gasteiger partial charge in [-0.05, 0) is 46.3 Å². The van der Waals surface area contributed by atoms with E-state index in [1.807, 2.05) is 0 Å². The molecule has 1 aliphatic rings. The number of H-pyrrole nitrogens is 1. The first kappa shape index (κ1) is 23.9. The second-order valence-electron chi connectivity index (χ2n) is 8.62. The summed E-state index contributed by atoms with van der Waals surface area (Å²) in [6, 6.07) is 8.37. The molecule has 0 saturated heterocycles. The number of nitrogens with zero attached hydrogens (tertiary/aromatic N) is 7. The molecule has 1 aliphatic heterocycles. The summed E-state index contributed by atoms with van der Waals surface area (Å²) in [6.45, 7) is 0. The first-order chi connectivity index (χ1) is 18.4. The summed E-state index contributed by atoms with van der Waals surface area (Å²) in [5.41, 5.74) is 6.87. The number of anilines is 1. The van der Waals surface area contributed by atoms with Crippen molar-refractivity contribution in [1.29, 1.82) is 0 Å². The normalized spacial score (nSPS) is 16.6. The summed E-state index contributed by atoms with van der Waals surface area (Å²) in [6.07, 6.45) is 2.64. The molecule has 4 aromatic heterocycles. The van der Waals surface area contributed by atoms with Crippen LogP contribution in [0, 0.1) is 11.8 Å². The number of imidazole rings is 1. The quantitative estimate of drug-likeness (QED) is 0.324. The summed E-state index contributed by atoms with van der Waals surface area (Å²) in [5.74, 6) is -0.983. The van der Waals surface area contributed by atoms with Gasteiger partial charge in [0.1, 0.15) is 18.0 Å². The van der Waals surface area contributed by atoms with Crippen LogP contribution in [0.25, 0.3) is 28.1 Å². The molecule has 0 bridgehead atoms. The molecule has 14 heteroatoms. The Morgan fingerprint density at radius 1 is 1.21 bits per heavy atom. The Labute approximate surface area is 217 Å². The summed E-state index contributed by atoms with van der Waals surface area (Å²) in [4.78, 5) is 24.6. The van der Waals surface area contributed by atoms with Crippen molar-refractivity contribution in [3.8, 4) is 28.1 Å². The van der Waals surface area contributed by atoms with Gasteiger partial charge in [-0.1, -0.05) is 11.6 Å². The largest absolute Gasteiger partial charge is 0.384 e. The van der Waals surface area contributed by atoms with Crippen molar-refractivity contribution >= 4 is 17.4 Å². The molecule has 0 unspecified atom stereocenters. The summed E-state index contributed by atoms with van der Waals surface area (Å²) >= 11 is 6.09. The van der Waals surface area contributed by atoms with Crippen molar-refractivity contribution in [2.24, 2.45) is 0 Å². The van der Waals surface area contributed by atoms with Crippen molar-refractivity contribution in [3.05, 3.63) is 87.6 Å². The Morgan fingerprint density at radius 3 is 2.79 bits per heavy atom. The fourth-order valence-corrected chi connectivity index (χ4v) is 4.93. The van der Waals surface area contributed by atoms with Crippen LogP contribution < -0.4 is 11.3 Å². The van der Waals surface area contributed by atoms with Crippen LogP contribution in [0.5, 0.6) is 0 Å². The highest BCUT2D eigenvalue weighted by molar-refractivity contribution is 6.31. The minimum atomic E-state index is -0.745. The number of aromatic amines is 1. The molecule has 5 aromatic rings. The zero-order valence-corrected chi connectivity index (χ0v) is 20.4. The number of rotatable bonds is 5. The molecule has 5 heterocycles. The maximum Gasteiger partial charge on any atom is 0.252 e. The van der Waals surface area contributed by atoms with Gasteiger partial charge >= 0.3 is 0 Å². The first-order valence-electron chi connectivity index (χ1n) is 11.3. The third-order valence-electron chi connectivity index (χ3n) is 6.49. The predicted molar refractivity (Wildman–Crippen MR) is 133 cm³/mol. The molecule has 0 spiro atoms. The Balaban J connectivity index is 1.46. The second kappa shape index (κ2) is 9.11. The standard InChI is InChI=1S/C24H18ClF2N9O2/c1-38-18-8-17(24-29-9-14(31-24)12-2-5-19(28)32-23(12)27)36-16(18)6-11(7-20(36)37)21-15(35-10-30-33-34-35)4-3-13(25)22(21)26/h2-7,9-10,17-18H,8H2,1H3,(H2,28,32)(H,29,31)/t17-,18-/m1/s1. The van der Waals surface area contributed by atoms with Gasteiger partial charge in [-0.15, -0.1) is 5.10 Å². The first-order valence-corrected chi connectivity index (χ1v) is 11.7. The van der Waals surface area contributed by atoms with Crippen LogP contribution in [0.2, 0.25) is 5.02 Å². The van der Waals surface area contributed by atoms with Crippen LogP contribution in [0.3, 0.4) is 0 Å². The van der Waals surface area contributed by atoms with E-state index in [0.717, 1.165) is 0 Å². The van der Waals surface area contributed by atoms with E-state index in [1.165, 1.54) is 53.1 Å². The number of nitrogen functional groups attached to an aromatic ring is 1. The predicted octanol–water partition coefficient (Wildman–Crippen LogP) is 3.47. The number of fused-ring (bicyclic) bond motifs is 1. The Hall–Kier alpha value is -4.49. The number of halogens is 3. The van der Waals surface area contributed by atoms with Crippen molar-refractivity contribution in [1.82, 2.24) is 39.7 Å². The zero-order chi connectivity index (χ0) is 26.6. The topological polar surface area (TPSA) is 142 Å². The number of methoxy groups -OCH3 is 1. The third-order valence-corrected chi connectivity index (χ3v) is 6.78. The van der Waals surface area contributed by atoms with E-state index in [1.54, 1.807) is 12.1 Å². The number of benzene rings is 1. The van der Waals surface area contributed by atoms with Gasteiger partial charge in [0.15, 0.2) is 5.82 Å². The van der Waals surface area contributed by atoms with Crippen molar-refractivity contribution in [3.63, 3.8) is 0 Å². The van der Waals surface area contributed by atoms with E-state index in [-0.39, 0.29) is 27.5 Å². The van der Waals surface area contributed by atoms with Crippen molar-refractivity contribution < 1.29 is 13.5 Å². The molecule has 2 atom stereocenters. The minimum absolute atomic E-state index is 0.0559. The lowest BCUT2D eigenvalue weighted by atomic mass is 10.0. The molecular formula is C24H18ClF2N9O2. The van der Waals surface area contributed by atoms with Crippen LogP contribution in [0.4, 0.5) is 14.6 Å². The van der Waals surface area contributed by atoms with Gasteiger partial charge in [0.05, 0.1) is 46.0 Å². The molecule has 0 radical (unpaired) electrons. The fraction of sp³-hybridized carbons (Fsp3) is 0.167. The Bertz CT molecular complexity index is 1740. The van der Waals surface area contributed by atoms with Crippen molar-refractivity contribution in [2.75, 3.05) is 12.8 Å². The zero-order valence-electron chi connectivity index (χ0n) is 19.6. The second-order valence-corrected chi connectivity index (χ2v) is 9.03. The number of hydrogen-bond acceptors (Lipinski definition) is 8. The van der Waals surface area contributed by atoms with E-state index >= 15 is 4.39 Å². The summed E-state index contributed by atoms with van der Waals surface area (Å²) < 4.78 is 38.2. The molecule has 0 saturated carbocycles. The van der Waals surface area contributed by atoms with E-state index in [2.05, 4.69) is 30.5 Å². The summed E-state index contributed by atoms with van der Waals surface area (Å²) in [7, 11) is 1.52. The molecule has 38 heavy (non-hydrogen) atoms. The van der Waals surface area contributed by atoms with Crippen LogP contribution in [-0.4, -0.2) is 46.8 Å². The molecule has 1 aromatic carbocycles. The van der Waals surface area contributed by atoms with Gasteiger partial charge in [0.25, 0.3) is 5.56 Å². The Morgan fingerprint density at radius 2 is 2.05 bits per heavy atom. The van der Waals surface area contributed by atoms with E-state index < -0.39 is 29.5 Å². The minimum Gasteiger partial charge on any atom is -0.384 e. The number of nitrogens with two attached hydrogens (primary N) is 1. The van der Waals surface area contributed by atoms with Crippen LogP contribution >= 0.6 is 11.6 Å². The lowest BCUT2D eigenvalue weighted by molar-refractivity contribution is 0.102. The average molecular weight is 538 g/mol. The maximum absolute atomic E-state index is 15.4.